The van der Waals surface area contributed by atoms with Gasteiger partial charge in [-0.05, 0) is 38.0 Å². The summed E-state index contributed by atoms with van der Waals surface area (Å²) in [6, 6.07) is 0.757. The highest BCUT2D eigenvalue weighted by Gasteiger charge is 2.39. The van der Waals surface area contributed by atoms with Crippen molar-refractivity contribution < 1.29 is 0 Å². The van der Waals surface area contributed by atoms with Crippen LogP contribution in [-0.4, -0.2) is 15.4 Å². The lowest BCUT2D eigenvalue weighted by molar-refractivity contribution is 0.349. The van der Waals surface area contributed by atoms with Crippen molar-refractivity contribution in [1.29, 1.82) is 0 Å². The SMILES string of the molecule is Cc1nc2sccn2c1CNC1CC2CCC1C2. The standard InChI is InChI=1S/C14H19N3S/c1-9-13(17-4-5-18-14(17)16-9)8-15-12-7-10-2-3-11(12)6-10/h4-5,10-12,15H,2-3,6-8H2,1H3. The van der Waals surface area contributed by atoms with E-state index in [-0.39, 0.29) is 0 Å². The molecular formula is C14H19N3S. The molecule has 18 heavy (non-hydrogen) atoms. The van der Waals surface area contributed by atoms with Crippen LogP contribution in [0.1, 0.15) is 37.1 Å². The molecule has 2 saturated carbocycles. The van der Waals surface area contributed by atoms with Crippen LogP contribution in [0.25, 0.3) is 4.96 Å². The van der Waals surface area contributed by atoms with Crippen molar-refractivity contribution >= 4 is 16.3 Å². The first-order chi connectivity index (χ1) is 8.81. The maximum atomic E-state index is 4.61. The molecule has 2 aliphatic carbocycles. The molecule has 3 nitrogen and oxygen atoms in total. The van der Waals surface area contributed by atoms with Crippen molar-refractivity contribution in [2.45, 2.75) is 45.2 Å². The second-order valence-electron chi connectivity index (χ2n) is 5.86. The first kappa shape index (κ1) is 11.0. The van der Waals surface area contributed by atoms with Crippen molar-refractivity contribution in [3.05, 3.63) is 23.0 Å². The Morgan fingerprint density at radius 2 is 2.39 bits per heavy atom. The molecule has 0 amide bonds. The summed E-state index contributed by atoms with van der Waals surface area (Å²) < 4.78 is 2.24. The van der Waals surface area contributed by atoms with Crippen molar-refractivity contribution in [3.63, 3.8) is 0 Å². The van der Waals surface area contributed by atoms with Crippen LogP contribution in [0.5, 0.6) is 0 Å². The number of fused-ring (bicyclic) bond motifs is 3. The van der Waals surface area contributed by atoms with Crippen LogP contribution >= 0.6 is 11.3 Å². The molecular weight excluding hydrogens is 242 g/mol. The molecule has 1 N–H and O–H groups in total. The lowest BCUT2D eigenvalue weighted by atomic mass is 9.95. The molecule has 0 aliphatic heterocycles. The molecule has 3 unspecified atom stereocenters. The normalized spacial score (nSPS) is 30.6. The summed E-state index contributed by atoms with van der Waals surface area (Å²) in [4.78, 5) is 5.73. The first-order valence-electron chi connectivity index (χ1n) is 6.95. The quantitative estimate of drug-likeness (QED) is 0.920. The summed E-state index contributed by atoms with van der Waals surface area (Å²) in [5, 5.41) is 5.90. The number of nitrogens with one attached hydrogen (secondary N) is 1. The van der Waals surface area contributed by atoms with Gasteiger partial charge in [0.15, 0.2) is 4.96 Å². The number of imidazole rings is 1. The summed E-state index contributed by atoms with van der Waals surface area (Å²) in [6.45, 7) is 3.09. The Morgan fingerprint density at radius 1 is 1.44 bits per heavy atom. The van der Waals surface area contributed by atoms with E-state index in [9.17, 15) is 0 Å². The third kappa shape index (κ3) is 1.62. The van der Waals surface area contributed by atoms with Gasteiger partial charge in [0.2, 0.25) is 0 Å². The first-order valence-corrected chi connectivity index (χ1v) is 7.83. The second-order valence-corrected chi connectivity index (χ2v) is 6.73. The minimum absolute atomic E-state index is 0.757. The van der Waals surface area contributed by atoms with Gasteiger partial charge in [-0.15, -0.1) is 11.3 Å². The van der Waals surface area contributed by atoms with Gasteiger partial charge >= 0.3 is 0 Å². The van der Waals surface area contributed by atoms with Crippen molar-refractivity contribution in [3.8, 4) is 0 Å². The Bertz CT molecular complexity index is 571. The Morgan fingerprint density at radius 3 is 3.17 bits per heavy atom. The summed E-state index contributed by atoms with van der Waals surface area (Å²) in [5.41, 5.74) is 2.52. The van der Waals surface area contributed by atoms with Gasteiger partial charge in [0.25, 0.3) is 0 Å². The molecule has 2 fully saturated rings. The van der Waals surface area contributed by atoms with Gasteiger partial charge in [-0.25, -0.2) is 4.98 Å². The number of aryl methyl sites for hydroxylation is 1. The number of nitrogens with zero attached hydrogens (tertiary/aromatic N) is 2. The fraction of sp³-hybridized carbons (Fsp3) is 0.643. The number of rotatable bonds is 3. The smallest absolute Gasteiger partial charge is 0.194 e. The summed E-state index contributed by atoms with van der Waals surface area (Å²) in [7, 11) is 0. The molecule has 2 bridgehead atoms. The Balaban J connectivity index is 1.51. The van der Waals surface area contributed by atoms with E-state index < -0.39 is 0 Å². The van der Waals surface area contributed by atoms with Crippen LogP contribution in [0.15, 0.2) is 11.6 Å². The van der Waals surface area contributed by atoms with E-state index in [2.05, 4.69) is 33.2 Å². The number of hydrogen-bond acceptors (Lipinski definition) is 3. The molecule has 0 saturated heterocycles. The third-order valence-electron chi connectivity index (χ3n) is 4.83. The van der Waals surface area contributed by atoms with Crippen molar-refractivity contribution in [1.82, 2.24) is 14.7 Å². The highest BCUT2D eigenvalue weighted by Crippen LogP contribution is 2.44. The van der Waals surface area contributed by atoms with Crippen LogP contribution < -0.4 is 5.32 Å². The molecule has 2 aromatic rings. The molecule has 2 aliphatic rings. The molecule has 2 heterocycles. The summed E-state index contributed by atoms with van der Waals surface area (Å²) in [6.07, 6.45) is 7.93. The fourth-order valence-electron chi connectivity index (χ4n) is 3.88. The van der Waals surface area contributed by atoms with E-state index in [4.69, 9.17) is 0 Å². The lowest BCUT2D eigenvalue weighted by Gasteiger charge is -2.22. The minimum atomic E-state index is 0.757. The zero-order chi connectivity index (χ0) is 12.1. The van der Waals surface area contributed by atoms with Crippen LogP contribution in [-0.2, 0) is 6.54 Å². The Hall–Kier alpha value is -0.870. The largest absolute Gasteiger partial charge is 0.308 e. The zero-order valence-corrected chi connectivity index (χ0v) is 11.5. The van der Waals surface area contributed by atoms with E-state index in [1.54, 1.807) is 11.3 Å². The van der Waals surface area contributed by atoms with Crippen LogP contribution in [0, 0.1) is 18.8 Å². The Labute approximate surface area is 111 Å². The maximum Gasteiger partial charge on any atom is 0.194 e. The van der Waals surface area contributed by atoms with Crippen LogP contribution in [0.4, 0.5) is 0 Å². The highest BCUT2D eigenvalue weighted by atomic mass is 32.1. The van der Waals surface area contributed by atoms with Gasteiger partial charge in [-0.3, -0.25) is 4.40 Å². The average molecular weight is 261 g/mol. The van der Waals surface area contributed by atoms with E-state index in [1.165, 1.54) is 37.1 Å². The monoisotopic (exact) mass is 261 g/mol. The molecule has 3 atom stereocenters. The van der Waals surface area contributed by atoms with Gasteiger partial charge in [0.05, 0.1) is 11.4 Å². The predicted molar refractivity (Wildman–Crippen MR) is 73.9 cm³/mol. The van der Waals surface area contributed by atoms with Crippen molar-refractivity contribution in [2.75, 3.05) is 0 Å². The third-order valence-corrected chi connectivity index (χ3v) is 5.59. The predicted octanol–water partition coefficient (Wildman–Crippen LogP) is 2.98. The summed E-state index contributed by atoms with van der Waals surface area (Å²) in [5.74, 6) is 1.96. The molecule has 2 aromatic heterocycles. The van der Waals surface area contributed by atoms with Crippen molar-refractivity contribution in [2.24, 2.45) is 11.8 Å². The highest BCUT2D eigenvalue weighted by molar-refractivity contribution is 7.15. The lowest BCUT2D eigenvalue weighted by Crippen LogP contribution is -2.33. The van der Waals surface area contributed by atoms with Crippen LogP contribution in [0.3, 0.4) is 0 Å². The molecule has 4 rings (SSSR count). The topological polar surface area (TPSA) is 29.3 Å². The van der Waals surface area contributed by atoms with Crippen LogP contribution in [0.2, 0.25) is 0 Å². The molecule has 4 heteroatoms. The number of thiazole rings is 1. The van der Waals surface area contributed by atoms with E-state index in [0.29, 0.717) is 0 Å². The van der Waals surface area contributed by atoms with E-state index in [1.807, 2.05) is 0 Å². The molecule has 96 valence electrons. The van der Waals surface area contributed by atoms with Gasteiger partial charge in [0, 0.05) is 24.2 Å². The molecule has 0 radical (unpaired) electrons. The zero-order valence-electron chi connectivity index (χ0n) is 10.7. The minimum Gasteiger partial charge on any atom is -0.308 e. The molecule has 0 spiro atoms. The maximum absolute atomic E-state index is 4.61. The van der Waals surface area contributed by atoms with Gasteiger partial charge in [0.1, 0.15) is 0 Å². The number of hydrogen-bond donors (Lipinski definition) is 1. The fourth-order valence-corrected chi connectivity index (χ4v) is 4.65. The number of aromatic nitrogens is 2. The Kier molecular flexibility index (Phi) is 2.49. The van der Waals surface area contributed by atoms with E-state index >= 15 is 0 Å². The molecule has 0 aromatic carbocycles. The van der Waals surface area contributed by atoms with E-state index in [0.717, 1.165) is 29.4 Å². The second kappa shape index (κ2) is 4.07. The summed E-state index contributed by atoms with van der Waals surface area (Å²) >= 11 is 1.72. The van der Waals surface area contributed by atoms with Gasteiger partial charge in [-0.2, -0.15) is 0 Å². The van der Waals surface area contributed by atoms with Gasteiger partial charge in [-0.1, -0.05) is 6.42 Å². The average Bonchev–Trinajstić information content (AvgIpc) is 3.06. The van der Waals surface area contributed by atoms with Gasteiger partial charge < -0.3 is 5.32 Å².